The fourth-order valence-corrected chi connectivity index (χ4v) is 3.12. The first-order valence-corrected chi connectivity index (χ1v) is 8.90. The van der Waals surface area contributed by atoms with E-state index >= 15 is 0 Å². The summed E-state index contributed by atoms with van der Waals surface area (Å²) in [6, 6.07) is 10.9. The minimum atomic E-state index is -0.145. The van der Waals surface area contributed by atoms with Gasteiger partial charge in [-0.25, -0.2) is 0 Å². The lowest BCUT2D eigenvalue weighted by Gasteiger charge is -2.21. The zero-order chi connectivity index (χ0) is 17.8. The number of nitrogens with zero attached hydrogens (tertiary/aromatic N) is 1. The van der Waals surface area contributed by atoms with Crippen LogP contribution in [0.1, 0.15) is 5.56 Å². The van der Waals surface area contributed by atoms with E-state index in [1.54, 1.807) is 24.1 Å². The van der Waals surface area contributed by atoms with Crippen LogP contribution in [0, 0.1) is 0 Å². The molecule has 2 aromatic rings. The van der Waals surface area contributed by atoms with E-state index in [0.717, 1.165) is 15.8 Å². The number of benzene rings is 2. The molecule has 0 radical (unpaired) electrons. The molecule has 0 fully saturated rings. The minimum absolute atomic E-state index is 0.0809. The molecular formula is C18H17BrClNO4. The van der Waals surface area contributed by atoms with Crippen molar-refractivity contribution in [2.45, 2.75) is 6.54 Å². The summed E-state index contributed by atoms with van der Waals surface area (Å²) in [5.74, 6) is 1.78. The van der Waals surface area contributed by atoms with E-state index in [1.807, 2.05) is 24.3 Å². The van der Waals surface area contributed by atoms with Crippen molar-refractivity contribution in [1.29, 1.82) is 0 Å². The van der Waals surface area contributed by atoms with Crippen molar-refractivity contribution in [3.05, 3.63) is 51.5 Å². The number of carbonyl (C=O) groups excluding carboxylic acids is 1. The Hall–Kier alpha value is -1.92. The lowest BCUT2D eigenvalue weighted by Crippen LogP contribution is -2.31. The van der Waals surface area contributed by atoms with Gasteiger partial charge in [0.2, 0.25) is 0 Å². The smallest absolute Gasteiger partial charge is 0.260 e. The molecule has 7 heteroatoms. The Kier molecular flexibility index (Phi) is 5.71. The lowest BCUT2D eigenvalue weighted by molar-refractivity contribution is -0.132. The first-order chi connectivity index (χ1) is 12.0. The maximum Gasteiger partial charge on any atom is 0.260 e. The second-order valence-electron chi connectivity index (χ2n) is 5.59. The standard InChI is InChI=1S/C18H17BrClNO4/c1-21(10-12-2-4-16-17(8-12)24-7-6-23-16)18(22)11-25-15-5-3-13(19)9-14(15)20/h2-5,8-9H,6-7,10-11H2,1H3. The number of carbonyl (C=O) groups is 1. The van der Waals surface area contributed by atoms with Gasteiger partial charge in [-0.3, -0.25) is 4.79 Å². The number of hydrogen-bond acceptors (Lipinski definition) is 4. The van der Waals surface area contributed by atoms with Crippen molar-refractivity contribution in [3.8, 4) is 17.2 Å². The number of likely N-dealkylation sites (N-methyl/N-ethyl adjacent to an activating group) is 1. The molecule has 1 amide bonds. The van der Waals surface area contributed by atoms with Crippen molar-refractivity contribution >= 4 is 33.4 Å². The SMILES string of the molecule is CN(Cc1ccc2c(c1)OCCO2)C(=O)COc1ccc(Br)cc1Cl. The molecule has 0 unspecified atom stereocenters. The highest BCUT2D eigenvalue weighted by atomic mass is 79.9. The Labute approximate surface area is 159 Å². The molecule has 25 heavy (non-hydrogen) atoms. The Balaban J connectivity index is 1.57. The molecule has 132 valence electrons. The highest BCUT2D eigenvalue weighted by Gasteiger charge is 2.15. The summed E-state index contributed by atoms with van der Waals surface area (Å²) in [4.78, 5) is 13.9. The number of hydrogen-bond donors (Lipinski definition) is 0. The third-order valence-corrected chi connectivity index (χ3v) is 4.49. The van der Waals surface area contributed by atoms with Crippen LogP contribution in [-0.4, -0.2) is 37.7 Å². The number of rotatable bonds is 5. The molecule has 1 aliphatic rings. The number of fused-ring (bicyclic) bond motifs is 1. The molecule has 0 atom stereocenters. The third kappa shape index (κ3) is 4.58. The van der Waals surface area contributed by atoms with Crippen LogP contribution in [0.15, 0.2) is 40.9 Å². The van der Waals surface area contributed by atoms with Crippen LogP contribution in [0.2, 0.25) is 5.02 Å². The second kappa shape index (κ2) is 7.97. The van der Waals surface area contributed by atoms with Crippen molar-refractivity contribution in [2.75, 3.05) is 26.9 Å². The summed E-state index contributed by atoms with van der Waals surface area (Å²) >= 11 is 9.41. The average molecular weight is 427 g/mol. The van der Waals surface area contributed by atoms with Crippen LogP contribution in [0.4, 0.5) is 0 Å². The summed E-state index contributed by atoms with van der Waals surface area (Å²) < 4.78 is 17.4. The Morgan fingerprint density at radius 3 is 2.72 bits per heavy atom. The molecule has 5 nitrogen and oxygen atoms in total. The fraction of sp³-hybridized carbons (Fsp3) is 0.278. The monoisotopic (exact) mass is 425 g/mol. The van der Waals surface area contributed by atoms with Crippen molar-refractivity contribution in [2.24, 2.45) is 0 Å². The zero-order valence-corrected chi connectivity index (χ0v) is 16.0. The van der Waals surface area contributed by atoms with Crippen LogP contribution in [0.5, 0.6) is 17.2 Å². The van der Waals surface area contributed by atoms with Gasteiger partial charge < -0.3 is 19.1 Å². The Morgan fingerprint density at radius 2 is 1.96 bits per heavy atom. The number of ether oxygens (including phenoxy) is 3. The van der Waals surface area contributed by atoms with E-state index in [1.165, 1.54) is 0 Å². The van der Waals surface area contributed by atoms with E-state index in [4.69, 9.17) is 25.8 Å². The normalized spacial score (nSPS) is 12.6. The van der Waals surface area contributed by atoms with Gasteiger partial charge in [0.1, 0.15) is 19.0 Å². The molecule has 1 aliphatic heterocycles. The minimum Gasteiger partial charge on any atom is -0.486 e. The first-order valence-electron chi connectivity index (χ1n) is 7.73. The first kappa shape index (κ1) is 17.9. The summed E-state index contributed by atoms with van der Waals surface area (Å²) in [6.45, 7) is 1.46. The van der Waals surface area contributed by atoms with Crippen LogP contribution in [0.25, 0.3) is 0 Å². The molecule has 0 spiro atoms. The quantitative estimate of drug-likeness (QED) is 0.727. The second-order valence-corrected chi connectivity index (χ2v) is 6.91. The predicted octanol–water partition coefficient (Wildman–Crippen LogP) is 3.91. The summed E-state index contributed by atoms with van der Waals surface area (Å²) in [5.41, 5.74) is 0.960. The zero-order valence-electron chi connectivity index (χ0n) is 13.6. The van der Waals surface area contributed by atoms with Gasteiger partial charge in [-0.2, -0.15) is 0 Å². The maximum atomic E-state index is 12.3. The van der Waals surface area contributed by atoms with Gasteiger partial charge in [0.05, 0.1) is 5.02 Å². The van der Waals surface area contributed by atoms with E-state index < -0.39 is 0 Å². The van der Waals surface area contributed by atoms with Gasteiger partial charge >= 0.3 is 0 Å². The highest BCUT2D eigenvalue weighted by molar-refractivity contribution is 9.10. The van der Waals surface area contributed by atoms with Crippen LogP contribution < -0.4 is 14.2 Å². The Bertz CT molecular complexity index is 784. The maximum absolute atomic E-state index is 12.3. The molecule has 1 heterocycles. The van der Waals surface area contributed by atoms with Crippen LogP contribution in [-0.2, 0) is 11.3 Å². The fourth-order valence-electron chi connectivity index (χ4n) is 2.39. The van der Waals surface area contributed by atoms with Gasteiger partial charge in [-0.1, -0.05) is 33.6 Å². The summed E-state index contributed by atoms with van der Waals surface area (Å²) in [6.07, 6.45) is 0. The van der Waals surface area contributed by atoms with Crippen molar-refractivity contribution in [1.82, 2.24) is 4.90 Å². The van der Waals surface area contributed by atoms with E-state index in [9.17, 15) is 4.79 Å². The summed E-state index contributed by atoms with van der Waals surface area (Å²) in [7, 11) is 1.73. The third-order valence-electron chi connectivity index (χ3n) is 3.70. The largest absolute Gasteiger partial charge is 0.486 e. The molecule has 0 aromatic heterocycles. The van der Waals surface area contributed by atoms with Gasteiger partial charge in [0.15, 0.2) is 18.1 Å². The average Bonchev–Trinajstić information content (AvgIpc) is 2.60. The molecule has 0 saturated carbocycles. The highest BCUT2D eigenvalue weighted by Crippen LogP contribution is 2.31. The molecule has 0 bridgehead atoms. The van der Waals surface area contributed by atoms with Crippen LogP contribution >= 0.6 is 27.5 Å². The molecule has 3 rings (SSSR count). The van der Waals surface area contributed by atoms with Gasteiger partial charge in [0.25, 0.3) is 5.91 Å². The van der Waals surface area contributed by atoms with E-state index in [2.05, 4.69) is 15.9 Å². The number of halogens is 2. The van der Waals surface area contributed by atoms with Crippen molar-refractivity contribution in [3.63, 3.8) is 0 Å². The molecule has 0 N–H and O–H groups in total. The lowest BCUT2D eigenvalue weighted by atomic mass is 10.2. The van der Waals surface area contributed by atoms with Gasteiger partial charge in [0, 0.05) is 18.1 Å². The summed E-state index contributed by atoms with van der Waals surface area (Å²) in [5, 5.41) is 0.455. The molecule has 0 saturated heterocycles. The number of amides is 1. The topological polar surface area (TPSA) is 48.0 Å². The molecular weight excluding hydrogens is 410 g/mol. The van der Waals surface area contributed by atoms with E-state index in [-0.39, 0.29) is 12.5 Å². The van der Waals surface area contributed by atoms with Gasteiger partial charge in [-0.15, -0.1) is 0 Å². The van der Waals surface area contributed by atoms with Gasteiger partial charge in [-0.05, 0) is 35.9 Å². The Morgan fingerprint density at radius 1 is 1.20 bits per heavy atom. The predicted molar refractivity (Wildman–Crippen MR) is 98.6 cm³/mol. The molecule has 0 aliphatic carbocycles. The van der Waals surface area contributed by atoms with E-state index in [0.29, 0.717) is 36.3 Å². The molecule has 2 aromatic carbocycles. The van der Waals surface area contributed by atoms with Crippen molar-refractivity contribution < 1.29 is 19.0 Å². The van der Waals surface area contributed by atoms with Crippen LogP contribution in [0.3, 0.4) is 0 Å².